The number of rotatable bonds is 7. The third-order valence-electron chi connectivity index (χ3n) is 5.14. The van der Waals surface area contributed by atoms with Crippen LogP contribution < -0.4 is 9.47 Å². The highest BCUT2D eigenvalue weighted by atomic mass is 16.7. The summed E-state index contributed by atoms with van der Waals surface area (Å²) in [5, 5.41) is 18.8. The average molecular weight is 336 g/mol. The van der Waals surface area contributed by atoms with Crippen molar-refractivity contribution in [3.63, 3.8) is 0 Å². The van der Waals surface area contributed by atoms with Crippen LogP contribution in [0.15, 0.2) is 12.1 Å². The molecule has 1 saturated heterocycles. The van der Waals surface area contributed by atoms with Gasteiger partial charge in [-0.2, -0.15) is 0 Å². The number of benzene rings is 1. The van der Waals surface area contributed by atoms with Gasteiger partial charge in [0.15, 0.2) is 11.5 Å². The van der Waals surface area contributed by atoms with Crippen molar-refractivity contribution < 1.29 is 19.7 Å². The lowest BCUT2D eigenvalue weighted by Crippen LogP contribution is -2.32. The highest BCUT2D eigenvalue weighted by Gasteiger charge is 2.33. The maximum atomic E-state index is 9.71. The summed E-state index contributed by atoms with van der Waals surface area (Å²) in [7, 11) is 2.02. The molecular weight excluding hydrogens is 308 g/mol. The zero-order valence-corrected chi connectivity index (χ0v) is 14.6. The van der Waals surface area contributed by atoms with Crippen LogP contribution in [-0.4, -0.2) is 73.2 Å². The van der Waals surface area contributed by atoms with Crippen LogP contribution in [0.2, 0.25) is 0 Å². The van der Waals surface area contributed by atoms with Crippen LogP contribution in [0.4, 0.5) is 0 Å². The van der Waals surface area contributed by atoms with Crippen molar-refractivity contribution in [2.45, 2.75) is 13.5 Å². The number of hydrogen-bond acceptors (Lipinski definition) is 6. The molecule has 2 aliphatic heterocycles. The topological polar surface area (TPSA) is 65.4 Å². The van der Waals surface area contributed by atoms with Crippen molar-refractivity contribution in [1.29, 1.82) is 0 Å². The van der Waals surface area contributed by atoms with Gasteiger partial charge in [0.05, 0.1) is 6.61 Å². The van der Waals surface area contributed by atoms with Gasteiger partial charge in [-0.15, -0.1) is 0 Å². The average Bonchev–Trinajstić information content (AvgIpc) is 3.14. The van der Waals surface area contributed by atoms with Crippen molar-refractivity contribution in [1.82, 2.24) is 9.80 Å². The van der Waals surface area contributed by atoms with Gasteiger partial charge >= 0.3 is 0 Å². The molecule has 2 N–H and O–H groups in total. The molecule has 1 fully saturated rings. The normalized spacial score (nSPS) is 23.4. The first-order chi connectivity index (χ1) is 11.6. The molecule has 2 atom stereocenters. The molecule has 0 radical (unpaired) electrons. The van der Waals surface area contributed by atoms with E-state index < -0.39 is 0 Å². The molecule has 6 nitrogen and oxygen atoms in total. The lowest BCUT2D eigenvalue weighted by atomic mass is 9.96. The van der Waals surface area contributed by atoms with Crippen molar-refractivity contribution in [2.24, 2.45) is 11.8 Å². The van der Waals surface area contributed by atoms with Crippen LogP contribution in [0, 0.1) is 18.8 Å². The van der Waals surface area contributed by atoms with Gasteiger partial charge in [0, 0.05) is 39.3 Å². The minimum Gasteiger partial charge on any atom is -0.454 e. The zero-order chi connectivity index (χ0) is 17.1. The monoisotopic (exact) mass is 336 g/mol. The van der Waals surface area contributed by atoms with Crippen molar-refractivity contribution in [2.75, 3.05) is 53.2 Å². The Balaban J connectivity index is 1.64. The molecule has 3 rings (SSSR count). The molecule has 6 heteroatoms. The molecule has 0 aliphatic carbocycles. The number of fused-ring (bicyclic) bond motifs is 1. The zero-order valence-electron chi connectivity index (χ0n) is 14.6. The Morgan fingerprint density at radius 3 is 2.58 bits per heavy atom. The van der Waals surface area contributed by atoms with Gasteiger partial charge in [-0.05, 0) is 49.1 Å². The van der Waals surface area contributed by atoms with Gasteiger partial charge in [-0.3, -0.25) is 4.90 Å². The van der Waals surface area contributed by atoms with Crippen LogP contribution in [0.5, 0.6) is 11.5 Å². The molecular formula is C18H28N2O4. The van der Waals surface area contributed by atoms with Gasteiger partial charge in [-0.25, -0.2) is 0 Å². The molecule has 0 spiro atoms. The Hall–Kier alpha value is -1.34. The van der Waals surface area contributed by atoms with Crippen LogP contribution in [-0.2, 0) is 6.54 Å². The number of hydrogen-bond donors (Lipinski definition) is 2. The molecule has 134 valence electrons. The van der Waals surface area contributed by atoms with E-state index in [9.17, 15) is 5.11 Å². The molecule has 2 heterocycles. The summed E-state index contributed by atoms with van der Waals surface area (Å²) in [5.74, 6) is 2.38. The number of aliphatic hydroxyl groups excluding tert-OH is 2. The highest BCUT2D eigenvalue weighted by molar-refractivity contribution is 5.48. The summed E-state index contributed by atoms with van der Waals surface area (Å²) in [6, 6.07) is 4.13. The lowest BCUT2D eigenvalue weighted by Gasteiger charge is -2.23. The molecule has 0 bridgehead atoms. The van der Waals surface area contributed by atoms with E-state index in [0.29, 0.717) is 25.2 Å². The SMILES string of the molecule is Cc1cc2c(cc1CN1C[C@@H](CN(C)CCO)[C@@H](CO)C1)OCO2. The quantitative estimate of drug-likeness (QED) is 0.764. The van der Waals surface area contributed by atoms with Crippen molar-refractivity contribution in [3.8, 4) is 11.5 Å². The van der Waals surface area contributed by atoms with Gasteiger partial charge in [-0.1, -0.05) is 0 Å². The molecule has 0 amide bonds. The molecule has 0 aromatic heterocycles. The number of ether oxygens (including phenoxy) is 2. The predicted molar refractivity (Wildman–Crippen MR) is 91.2 cm³/mol. The van der Waals surface area contributed by atoms with E-state index >= 15 is 0 Å². The minimum absolute atomic E-state index is 0.174. The summed E-state index contributed by atoms with van der Waals surface area (Å²) >= 11 is 0. The maximum absolute atomic E-state index is 9.71. The Morgan fingerprint density at radius 2 is 1.88 bits per heavy atom. The second-order valence-corrected chi connectivity index (χ2v) is 7.01. The second kappa shape index (κ2) is 7.70. The van der Waals surface area contributed by atoms with Crippen LogP contribution in [0.1, 0.15) is 11.1 Å². The van der Waals surface area contributed by atoms with Gasteiger partial charge in [0.2, 0.25) is 6.79 Å². The summed E-state index contributed by atoms with van der Waals surface area (Å²) in [5.41, 5.74) is 2.46. The van der Waals surface area contributed by atoms with Gasteiger partial charge < -0.3 is 24.6 Å². The fourth-order valence-corrected chi connectivity index (χ4v) is 3.74. The van der Waals surface area contributed by atoms with Gasteiger partial charge in [0.1, 0.15) is 0 Å². The van der Waals surface area contributed by atoms with Crippen molar-refractivity contribution >= 4 is 0 Å². The Labute approximate surface area is 143 Å². The molecule has 2 aliphatic rings. The third-order valence-corrected chi connectivity index (χ3v) is 5.14. The van der Waals surface area contributed by atoms with E-state index in [1.807, 2.05) is 13.1 Å². The third kappa shape index (κ3) is 3.83. The summed E-state index contributed by atoms with van der Waals surface area (Å²) in [6.45, 7) is 7.10. The van der Waals surface area contributed by atoms with E-state index in [-0.39, 0.29) is 13.2 Å². The van der Waals surface area contributed by atoms with Crippen LogP contribution >= 0.6 is 0 Å². The van der Waals surface area contributed by atoms with E-state index in [2.05, 4.69) is 22.8 Å². The Bertz CT molecular complexity index is 566. The summed E-state index contributed by atoms with van der Waals surface area (Å²) < 4.78 is 10.9. The molecule has 0 unspecified atom stereocenters. The fourth-order valence-electron chi connectivity index (χ4n) is 3.74. The first kappa shape index (κ1) is 17.5. The largest absolute Gasteiger partial charge is 0.454 e. The Kier molecular flexibility index (Phi) is 5.61. The number of likely N-dealkylation sites (tertiary alicyclic amines) is 1. The minimum atomic E-state index is 0.174. The van der Waals surface area contributed by atoms with Gasteiger partial charge in [0.25, 0.3) is 0 Å². The lowest BCUT2D eigenvalue weighted by molar-refractivity contribution is 0.160. The summed E-state index contributed by atoms with van der Waals surface area (Å²) in [6.07, 6.45) is 0. The molecule has 24 heavy (non-hydrogen) atoms. The molecule has 0 saturated carbocycles. The highest BCUT2D eigenvalue weighted by Crippen LogP contribution is 2.35. The van der Waals surface area contributed by atoms with Crippen LogP contribution in [0.3, 0.4) is 0 Å². The number of aliphatic hydroxyl groups is 2. The number of likely N-dealkylation sites (N-methyl/N-ethyl adjacent to an activating group) is 1. The molecule has 1 aromatic rings. The Morgan fingerprint density at radius 1 is 1.17 bits per heavy atom. The number of nitrogens with zero attached hydrogens (tertiary/aromatic N) is 2. The van der Waals surface area contributed by atoms with Crippen LogP contribution in [0.25, 0.3) is 0 Å². The van der Waals surface area contributed by atoms with E-state index in [0.717, 1.165) is 37.7 Å². The van der Waals surface area contributed by atoms with E-state index in [4.69, 9.17) is 14.6 Å². The fraction of sp³-hybridized carbons (Fsp3) is 0.667. The summed E-state index contributed by atoms with van der Waals surface area (Å²) in [4.78, 5) is 4.55. The predicted octanol–water partition coefficient (Wildman–Crippen LogP) is 0.688. The molecule has 1 aromatic carbocycles. The maximum Gasteiger partial charge on any atom is 0.231 e. The van der Waals surface area contributed by atoms with Crippen molar-refractivity contribution in [3.05, 3.63) is 23.3 Å². The first-order valence-electron chi connectivity index (χ1n) is 8.62. The van der Waals surface area contributed by atoms with E-state index in [1.54, 1.807) is 0 Å². The first-order valence-corrected chi connectivity index (χ1v) is 8.62. The smallest absolute Gasteiger partial charge is 0.231 e. The standard InChI is InChI=1S/C18H28N2O4/c1-13-5-17-18(24-12-23-17)6-14(13)8-20-9-15(16(10-20)11-22)7-19(2)3-4-21/h5-6,15-16,21-22H,3-4,7-12H2,1-2H3/t15-,16-/m1/s1. The number of aryl methyl sites for hydroxylation is 1. The van der Waals surface area contributed by atoms with E-state index in [1.165, 1.54) is 11.1 Å². The second-order valence-electron chi connectivity index (χ2n) is 7.01.